The van der Waals surface area contributed by atoms with Gasteiger partial charge >= 0.3 is 0 Å². The van der Waals surface area contributed by atoms with E-state index in [4.69, 9.17) is 6.42 Å². The van der Waals surface area contributed by atoms with Crippen LogP contribution in [0, 0.1) is 23.7 Å². The minimum Gasteiger partial charge on any atom is -0.355 e. The lowest BCUT2D eigenvalue weighted by Crippen LogP contribution is -2.26. The minimum atomic E-state index is 0.113. The van der Waals surface area contributed by atoms with Crippen molar-refractivity contribution in [2.75, 3.05) is 6.54 Å². The molecule has 1 unspecified atom stereocenters. The van der Waals surface area contributed by atoms with Gasteiger partial charge in [0.15, 0.2) is 0 Å². The van der Waals surface area contributed by atoms with E-state index in [1.165, 1.54) is 0 Å². The number of rotatable bonds is 5. The highest BCUT2D eigenvalue weighted by Crippen LogP contribution is 2.25. The predicted octanol–water partition coefficient (Wildman–Crippen LogP) is 2.59. The summed E-state index contributed by atoms with van der Waals surface area (Å²) in [6.45, 7) is 9.29. The molecule has 0 saturated heterocycles. The Morgan fingerprint density at radius 3 is 2.53 bits per heavy atom. The van der Waals surface area contributed by atoms with E-state index < -0.39 is 0 Å². The zero-order valence-electron chi connectivity index (χ0n) is 10.4. The molecule has 1 atom stereocenters. The molecule has 0 aliphatic rings. The Morgan fingerprint density at radius 2 is 2.07 bits per heavy atom. The van der Waals surface area contributed by atoms with Crippen LogP contribution in [0.4, 0.5) is 0 Å². The maximum absolute atomic E-state index is 11.4. The van der Waals surface area contributed by atoms with Gasteiger partial charge in [0, 0.05) is 19.4 Å². The molecule has 0 saturated carbocycles. The molecule has 1 amide bonds. The topological polar surface area (TPSA) is 29.1 Å². The van der Waals surface area contributed by atoms with Gasteiger partial charge in [-0.15, -0.1) is 12.3 Å². The number of carbonyl (C=O) groups excluding carboxylic acids is 1. The lowest BCUT2D eigenvalue weighted by Gasteiger charge is -2.22. The zero-order valence-corrected chi connectivity index (χ0v) is 10.4. The third-order valence-corrected chi connectivity index (χ3v) is 2.09. The second kappa shape index (κ2) is 6.50. The van der Waals surface area contributed by atoms with E-state index in [1.54, 1.807) is 0 Å². The van der Waals surface area contributed by atoms with E-state index in [-0.39, 0.29) is 5.91 Å². The van der Waals surface area contributed by atoms with Crippen molar-refractivity contribution in [2.45, 2.75) is 47.0 Å². The average Bonchev–Trinajstić information content (AvgIpc) is 2.00. The fraction of sp³-hybridized carbons (Fsp3) is 0.769. The van der Waals surface area contributed by atoms with E-state index in [9.17, 15) is 4.79 Å². The van der Waals surface area contributed by atoms with Crippen molar-refractivity contribution < 1.29 is 4.79 Å². The molecule has 0 aliphatic carbocycles. The molecule has 15 heavy (non-hydrogen) atoms. The van der Waals surface area contributed by atoms with E-state index in [0.717, 1.165) is 6.42 Å². The zero-order chi connectivity index (χ0) is 11.9. The van der Waals surface area contributed by atoms with Gasteiger partial charge in [-0.05, 0) is 17.8 Å². The molecule has 2 nitrogen and oxygen atoms in total. The summed E-state index contributed by atoms with van der Waals surface area (Å²) in [5.74, 6) is 3.04. The Bertz CT molecular complexity index is 232. The Labute approximate surface area is 93.8 Å². The van der Waals surface area contributed by atoms with Gasteiger partial charge in [-0.1, -0.05) is 27.7 Å². The molecule has 0 aromatic carbocycles. The van der Waals surface area contributed by atoms with Gasteiger partial charge in [-0.2, -0.15) is 0 Å². The molecule has 0 spiro atoms. The molecule has 0 radical (unpaired) electrons. The molecule has 0 fully saturated rings. The summed E-state index contributed by atoms with van der Waals surface area (Å²) in [5, 5.41) is 2.82. The first-order chi connectivity index (χ1) is 6.85. The average molecular weight is 209 g/mol. The summed E-state index contributed by atoms with van der Waals surface area (Å²) in [7, 11) is 0. The van der Waals surface area contributed by atoms with Crippen LogP contribution in [-0.2, 0) is 4.79 Å². The molecular weight excluding hydrogens is 186 g/mol. The van der Waals surface area contributed by atoms with Crippen molar-refractivity contribution in [3.05, 3.63) is 0 Å². The number of hydrogen-bond acceptors (Lipinski definition) is 1. The van der Waals surface area contributed by atoms with E-state index in [1.807, 2.05) is 0 Å². The van der Waals surface area contributed by atoms with Crippen LogP contribution in [0.1, 0.15) is 47.0 Å². The van der Waals surface area contributed by atoms with Crippen LogP contribution in [0.2, 0.25) is 0 Å². The first-order valence-corrected chi connectivity index (χ1v) is 5.55. The third kappa shape index (κ3) is 9.34. The normalized spacial score (nSPS) is 13.0. The summed E-state index contributed by atoms with van der Waals surface area (Å²) in [6.07, 6.45) is 7.37. The fourth-order valence-corrected chi connectivity index (χ4v) is 1.78. The Balaban J connectivity index is 3.73. The molecule has 0 bridgehead atoms. The molecule has 0 aliphatic heterocycles. The summed E-state index contributed by atoms with van der Waals surface area (Å²) < 4.78 is 0. The third-order valence-electron chi connectivity index (χ3n) is 2.09. The maximum Gasteiger partial charge on any atom is 0.220 e. The van der Waals surface area contributed by atoms with Crippen LogP contribution in [0.15, 0.2) is 0 Å². The van der Waals surface area contributed by atoms with Crippen molar-refractivity contribution >= 4 is 5.91 Å². The standard InChI is InChI=1S/C13H23NO/c1-6-7-8-14-12(15)9-11(2)10-13(3,4)5/h1,11H,7-10H2,2-5H3,(H,14,15). The van der Waals surface area contributed by atoms with Gasteiger partial charge in [0.05, 0.1) is 0 Å². The first kappa shape index (κ1) is 14.0. The van der Waals surface area contributed by atoms with Crippen molar-refractivity contribution in [3.8, 4) is 12.3 Å². The molecule has 0 aromatic heterocycles. The highest BCUT2D eigenvalue weighted by molar-refractivity contribution is 5.76. The number of carbonyl (C=O) groups is 1. The number of nitrogens with one attached hydrogen (secondary N) is 1. The SMILES string of the molecule is C#CCCNC(=O)CC(C)CC(C)(C)C. The van der Waals surface area contributed by atoms with E-state index in [2.05, 4.69) is 38.9 Å². The van der Waals surface area contributed by atoms with E-state index in [0.29, 0.717) is 30.7 Å². The van der Waals surface area contributed by atoms with Crippen LogP contribution < -0.4 is 5.32 Å². The molecule has 1 N–H and O–H groups in total. The Hall–Kier alpha value is -0.970. The molecule has 0 rings (SSSR count). The summed E-state index contributed by atoms with van der Waals surface area (Å²) in [6, 6.07) is 0. The Kier molecular flexibility index (Phi) is 6.08. The second-order valence-electron chi connectivity index (χ2n) is 5.38. The summed E-state index contributed by atoms with van der Waals surface area (Å²) >= 11 is 0. The largest absolute Gasteiger partial charge is 0.355 e. The lowest BCUT2D eigenvalue weighted by atomic mass is 9.84. The molecule has 0 heterocycles. The highest BCUT2D eigenvalue weighted by Gasteiger charge is 2.17. The van der Waals surface area contributed by atoms with Gasteiger partial charge in [-0.3, -0.25) is 4.79 Å². The number of amides is 1. The number of terminal acetylenes is 1. The van der Waals surface area contributed by atoms with Crippen LogP contribution in [0.25, 0.3) is 0 Å². The fourth-order valence-electron chi connectivity index (χ4n) is 1.78. The minimum absolute atomic E-state index is 0.113. The molecule has 2 heteroatoms. The Morgan fingerprint density at radius 1 is 1.47 bits per heavy atom. The van der Waals surface area contributed by atoms with Crippen molar-refractivity contribution in [3.63, 3.8) is 0 Å². The van der Waals surface area contributed by atoms with Crippen LogP contribution in [-0.4, -0.2) is 12.5 Å². The van der Waals surface area contributed by atoms with Gasteiger partial charge in [-0.25, -0.2) is 0 Å². The number of hydrogen-bond donors (Lipinski definition) is 1. The molecule has 0 aromatic rings. The maximum atomic E-state index is 11.4. The van der Waals surface area contributed by atoms with Crippen molar-refractivity contribution in [2.24, 2.45) is 11.3 Å². The first-order valence-electron chi connectivity index (χ1n) is 5.55. The lowest BCUT2D eigenvalue weighted by molar-refractivity contribution is -0.122. The van der Waals surface area contributed by atoms with Crippen LogP contribution >= 0.6 is 0 Å². The van der Waals surface area contributed by atoms with Gasteiger partial charge in [0.25, 0.3) is 0 Å². The van der Waals surface area contributed by atoms with Gasteiger partial charge in [0.2, 0.25) is 5.91 Å². The smallest absolute Gasteiger partial charge is 0.220 e. The van der Waals surface area contributed by atoms with E-state index >= 15 is 0 Å². The van der Waals surface area contributed by atoms with Crippen molar-refractivity contribution in [1.29, 1.82) is 0 Å². The van der Waals surface area contributed by atoms with Crippen LogP contribution in [0.5, 0.6) is 0 Å². The van der Waals surface area contributed by atoms with Gasteiger partial charge < -0.3 is 5.32 Å². The summed E-state index contributed by atoms with van der Waals surface area (Å²) in [4.78, 5) is 11.4. The van der Waals surface area contributed by atoms with Crippen LogP contribution in [0.3, 0.4) is 0 Å². The van der Waals surface area contributed by atoms with Gasteiger partial charge in [0.1, 0.15) is 0 Å². The molecular formula is C13H23NO. The quantitative estimate of drug-likeness (QED) is 0.547. The summed E-state index contributed by atoms with van der Waals surface area (Å²) in [5.41, 5.74) is 0.290. The predicted molar refractivity (Wildman–Crippen MR) is 64.3 cm³/mol. The monoisotopic (exact) mass is 209 g/mol. The molecule has 86 valence electrons. The second-order valence-corrected chi connectivity index (χ2v) is 5.38. The highest BCUT2D eigenvalue weighted by atomic mass is 16.1. The van der Waals surface area contributed by atoms with Crippen molar-refractivity contribution in [1.82, 2.24) is 5.32 Å².